The standard InChI is InChI=1S/C20H34N4O2.2ClH/c1-15(19(25)23-8-4-5-9-23)22-10-12-24(13-11-22)20(26)18-14-16-6-2-3-7-17(16)21-18;;/h15-18,21H,2-14H2,1H3;2*1H. The molecule has 1 aliphatic carbocycles. The summed E-state index contributed by atoms with van der Waals surface area (Å²) in [5.74, 6) is 1.26. The van der Waals surface area contributed by atoms with E-state index in [0.29, 0.717) is 12.0 Å². The summed E-state index contributed by atoms with van der Waals surface area (Å²) in [7, 11) is 0. The average molecular weight is 435 g/mol. The summed E-state index contributed by atoms with van der Waals surface area (Å²) in [5.41, 5.74) is 0. The van der Waals surface area contributed by atoms with Gasteiger partial charge in [0.2, 0.25) is 11.8 Å². The summed E-state index contributed by atoms with van der Waals surface area (Å²) >= 11 is 0. The van der Waals surface area contributed by atoms with Crippen molar-refractivity contribution in [1.82, 2.24) is 20.0 Å². The van der Waals surface area contributed by atoms with Crippen LogP contribution in [-0.4, -0.2) is 83.9 Å². The largest absolute Gasteiger partial charge is 0.341 e. The zero-order valence-corrected chi connectivity index (χ0v) is 18.6. The molecule has 0 spiro atoms. The molecular weight excluding hydrogens is 399 g/mol. The number of rotatable bonds is 3. The van der Waals surface area contributed by atoms with E-state index in [1.165, 1.54) is 25.7 Å². The number of nitrogens with zero attached hydrogens (tertiary/aromatic N) is 3. The number of hydrogen-bond acceptors (Lipinski definition) is 4. The van der Waals surface area contributed by atoms with E-state index >= 15 is 0 Å². The first-order valence-electron chi connectivity index (χ1n) is 10.7. The fraction of sp³-hybridized carbons (Fsp3) is 0.900. The van der Waals surface area contributed by atoms with Gasteiger partial charge in [0, 0.05) is 45.3 Å². The summed E-state index contributed by atoms with van der Waals surface area (Å²) in [6.07, 6.45) is 8.44. The normalized spacial score (nSPS) is 31.5. The molecule has 1 saturated carbocycles. The van der Waals surface area contributed by atoms with E-state index in [9.17, 15) is 9.59 Å². The molecule has 1 N–H and O–H groups in total. The molecule has 8 heteroatoms. The van der Waals surface area contributed by atoms with Crippen molar-refractivity contribution in [2.24, 2.45) is 5.92 Å². The zero-order chi connectivity index (χ0) is 18.1. The Bertz CT molecular complexity index is 522. The first kappa shape index (κ1) is 23.7. The van der Waals surface area contributed by atoms with Gasteiger partial charge in [-0.25, -0.2) is 0 Å². The predicted octanol–water partition coefficient (Wildman–Crippen LogP) is 1.91. The molecule has 0 aromatic rings. The quantitative estimate of drug-likeness (QED) is 0.736. The van der Waals surface area contributed by atoms with Crippen LogP contribution in [-0.2, 0) is 9.59 Å². The highest BCUT2D eigenvalue weighted by Crippen LogP contribution is 2.33. The van der Waals surface area contributed by atoms with Crippen LogP contribution in [0.15, 0.2) is 0 Å². The van der Waals surface area contributed by atoms with Crippen LogP contribution in [0.2, 0.25) is 0 Å². The number of halogens is 2. The maximum Gasteiger partial charge on any atom is 0.239 e. The molecule has 4 unspecified atom stereocenters. The van der Waals surface area contributed by atoms with Crippen molar-refractivity contribution in [3.8, 4) is 0 Å². The molecule has 0 aromatic carbocycles. The molecule has 2 amide bonds. The lowest BCUT2D eigenvalue weighted by Crippen LogP contribution is -2.57. The van der Waals surface area contributed by atoms with Crippen molar-refractivity contribution in [1.29, 1.82) is 0 Å². The van der Waals surface area contributed by atoms with Gasteiger partial charge >= 0.3 is 0 Å². The molecule has 28 heavy (non-hydrogen) atoms. The second kappa shape index (κ2) is 10.5. The van der Waals surface area contributed by atoms with Crippen LogP contribution in [0.5, 0.6) is 0 Å². The smallest absolute Gasteiger partial charge is 0.239 e. The van der Waals surface area contributed by atoms with Crippen LogP contribution in [0.25, 0.3) is 0 Å². The van der Waals surface area contributed by atoms with Crippen molar-refractivity contribution < 1.29 is 9.59 Å². The lowest BCUT2D eigenvalue weighted by Gasteiger charge is -2.39. The molecule has 0 bridgehead atoms. The molecule has 4 rings (SSSR count). The van der Waals surface area contributed by atoms with Gasteiger partial charge in [0.1, 0.15) is 0 Å². The van der Waals surface area contributed by atoms with E-state index in [1.807, 2.05) is 16.7 Å². The molecule has 4 fully saturated rings. The highest BCUT2D eigenvalue weighted by molar-refractivity contribution is 5.85. The Hall–Kier alpha value is -0.560. The Morgan fingerprint density at radius 2 is 1.50 bits per heavy atom. The Morgan fingerprint density at radius 1 is 0.857 bits per heavy atom. The SMILES string of the molecule is CC(C(=O)N1CCCC1)N1CCN(C(=O)C2CC3CCCCC3N2)CC1.Cl.Cl. The van der Waals surface area contributed by atoms with Gasteiger partial charge in [0.15, 0.2) is 0 Å². The summed E-state index contributed by atoms with van der Waals surface area (Å²) < 4.78 is 0. The molecule has 0 aromatic heterocycles. The maximum absolute atomic E-state index is 12.9. The predicted molar refractivity (Wildman–Crippen MR) is 115 cm³/mol. The van der Waals surface area contributed by atoms with E-state index in [4.69, 9.17) is 0 Å². The van der Waals surface area contributed by atoms with E-state index in [2.05, 4.69) is 10.2 Å². The van der Waals surface area contributed by atoms with Crippen LogP contribution in [0.3, 0.4) is 0 Å². The third kappa shape index (κ3) is 4.94. The minimum atomic E-state index is -0.0576. The van der Waals surface area contributed by atoms with Gasteiger partial charge in [0.25, 0.3) is 0 Å². The van der Waals surface area contributed by atoms with Crippen LogP contribution in [0.1, 0.15) is 51.9 Å². The van der Waals surface area contributed by atoms with Crippen LogP contribution < -0.4 is 5.32 Å². The molecule has 6 nitrogen and oxygen atoms in total. The van der Waals surface area contributed by atoms with Gasteiger partial charge in [-0.15, -0.1) is 24.8 Å². The highest BCUT2D eigenvalue weighted by Gasteiger charge is 2.40. The number of amides is 2. The number of likely N-dealkylation sites (tertiary alicyclic amines) is 1. The first-order chi connectivity index (χ1) is 12.6. The Balaban J connectivity index is 0.00000140. The van der Waals surface area contributed by atoms with Crippen molar-refractivity contribution in [2.45, 2.75) is 70.0 Å². The molecule has 0 radical (unpaired) electrons. The van der Waals surface area contributed by atoms with E-state index < -0.39 is 0 Å². The minimum Gasteiger partial charge on any atom is -0.341 e. The highest BCUT2D eigenvalue weighted by atomic mass is 35.5. The van der Waals surface area contributed by atoms with E-state index in [1.54, 1.807) is 0 Å². The monoisotopic (exact) mass is 434 g/mol. The topological polar surface area (TPSA) is 55.9 Å². The number of fused-ring (bicyclic) bond motifs is 1. The van der Waals surface area contributed by atoms with Crippen LogP contribution in [0, 0.1) is 5.92 Å². The Morgan fingerprint density at radius 3 is 2.14 bits per heavy atom. The van der Waals surface area contributed by atoms with Crippen molar-refractivity contribution in [2.75, 3.05) is 39.3 Å². The van der Waals surface area contributed by atoms with Gasteiger partial charge in [-0.2, -0.15) is 0 Å². The van der Waals surface area contributed by atoms with Gasteiger partial charge in [-0.3, -0.25) is 14.5 Å². The molecule has 162 valence electrons. The Kier molecular flexibility index (Phi) is 8.86. The molecule has 4 aliphatic rings. The van der Waals surface area contributed by atoms with Gasteiger partial charge < -0.3 is 15.1 Å². The number of carbonyl (C=O) groups excluding carboxylic acids is 2. The molecular formula is C20H36Cl2N4O2. The molecule has 3 aliphatic heterocycles. The molecule has 3 saturated heterocycles. The number of nitrogens with one attached hydrogen (secondary N) is 1. The van der Waals surface area contributed by atoms with Gasteiger partial charge in [0.05, 0.1) is 12.1 Å². The maximum atomic E-state index is 12.9. The third-order valence-electron chi connectivity index (χ3n) is 7.11. The summed E-state index contributed by atoms with van der Waals surface area (Å²) in [6, 6.07) is 0.535. The van der Waals surface area contributed by atoms with E-state index in [0.717, 1.165) is 58.5 Å². The summed E-state index contributed by atoms with van der Waals surface area (Å²) in [4.78, 5) is 31.8. The van der Waals surface area contributed by atoms with E-state index in [-0.39, 0.29) is 48.7 Å². The van der Waals surface area contributed by atoms with Crippen molar-refractivity contribution >= 4 is 36.6 Å². The zero-order valence-electron chi connectivity index (χ0n) is 17.0. The van der Waals surface area contributed by atoms with Crippen molar-refractivity contribution in [3.05, 3.63) is 0 Å². The van der Waals surface area contributed by atoms with Gasteiger partial charge in [-0.05, 0) is 44.9 Å². The van der Waals surface area contributed by atoms with Crippen LogP contribution >= 0.6 is 24.8 Å². The lowest BCUT2D eigenvalue weighted by molar-refractivity contribution is -0.138. The second-order valence-electron chi connectivity index (χ2n) is 8.68. The minimum absolute atomic E-state index is 0. The summed E-state index contributed by atoms with van der Waals surface area (Å²) in [5, 5.41) is 3.61. The first-order valence-corrected chi connectivity index (χ1v) is 10.7. The fourth-order valence-electron chi connectivity index (χ4n) is 5.42. The van der Waals surface area contributed by atoms with Crippen molar-refractivity contribution in [3.63, 3.8) is 0 Å². The third-order valence-corrected chi connectivity index (χ3v) is 7.11. The average Bonchev–Trinajstić information content (AvgIpc) is 3.36. The second-order valence-corrected chi connectivity index (χ2v) is 8.68. The number of piperazine rings is 1. The molecule has 3 heterocycles. The lowest BCUT2D eigenvalue weighted by atomic mass is 9.85. The van der Waals surface area contributed by atoms with Crippen LogP contribution in [0.4, 0.5) is 0 Å². The number of carbonyl (C=O) groups is 2. The van der Waals surface area contributed by atoms with Gasteiger partial charge in [-0.1, -0.05) is 12.8 Å². The molecule has 4 atom stereocenters. The fourth-order valence-corrected chi connectivity index (χ4v) is 5.42. The summed E-state index contributed by atoms with van der Waals surface area (Å²) in [6.45, 7) is 6.99. The Labute approximate surface area is 181 Å². The number of hydrogen-bond donors (Lipinski definition) is 1.